The summed E-state index contributed by atoms with van der Waals surface area (Å²) in [6, 6.07) is 20.6. The number of carbonyl (C=O) groups is 1. The lowest BCUT2D eigenvalue weighted by molar-refractivity contribution is 0.102. The number of halogens is 2. The highest BCUT2D eigenvalue weighted by atomic mass is 79.9. The van der Waals surface area contributed by atoms with Crippen LogP contribution in [0.2, 0.25) is 5.02 Å². The van der Waals surface area contributed by atoms with Crippen LogP contribution in [0.15, 0.2) is 71.2 Å². The van der Waals surface area contributed by atoms with Crippen molar-refractivity contribution < 1.29 is 4.79 Å². The van der Waals surface area contributed by atoms with Gasteiger partial charge in [0.1, 0.15) is 5.01 Å². The first-order valence-electron chi connectivity index (χ1n) is 7.82. The molecule has 128 valence electrons. The van der Waals surface area contributed by atoms with Gasteiger partial charge in [-0.15, -0.1) is 11.3 Å². The number of anilines is 1. The van der Waals surface area contributed by atoms with Crippen LogP contribution in [0.5, 0.6) is 0 Å². The molecule has 1 aromatic heterocycles. The Bertz CT molecular complexity index is 1090. The van der Waals surface area contributed by atoms with Crippen molar-refractivity contribution in [1.29, 1.82) is 0 Å². The molecule has 0 saturated heterocycles. The zero-order chi connectivity index (χ0) is 18.1. The Labute approximate surface area is 167 Å². The summed E-state index contributed by atoms with van der Waals surface area (Å²) >= 11 is 11.2. The van der Waals surface area contributed by atoms with Crippen molar-refractivity contribution in [2.75, 3.05) is 5.32 Å². The molecule has 0 aliphatic rings. The molecule has 6 heteroatoms. The van der Waals surface area contributed by atoms with Crippen molar-refractivity contribution in [3.05, 3.63) is 81.8 Å². The summed E-state index contributed by atoms with van der Waals surface area (Å²) in [7, 11) is 0. The molecular formula is C20H12BrClN2OS. The van der Waals surface area contributed by atoms with Gasteiger partial charge in [-0.25, -0.2) is 4.98 Å². The third kappa shape index (κ3) is 3.51. The average molecular weight is 444 g/mol. The molecule has 1 N–H and O–H groups in total. The quantitative estimate of drug-likeness (QED) is 0.386. The first-order chi connectivity index (χ1) is 12.6. The van der Waals surface area contributed by atoms with Crippen LogP contribution in [0, 0.1) is 0 Å². The fourth-order valence-electron chi connectivity index (χ4n) is 2.61. The molecule has 0 saturated carbocycles. The molecule has 0 aliphatic carbocycles. The Morgan fingerprint density at radius 3 is 2.69 bits per heavy atom. The Morgan fingerprint density at radius 2 is 1.88 bits per heavy atom. The van der Waals surface area contributed by atoms with Gasteiger partial charge in [0.15, 0.2) is 0 Å². The van der Waals surface area contributed by atoms with Gasteiger partial charge in [0.25, 0.3) is 5.91 Å². The average Bonchev–Trinajstić information content (AvgIpc) is 3.07. The van der Waals surface area contributed by atoms with E-state index in [1.54, 1.807) is 35.6 Å². The second-order valence-corrected chi connectivity index (χ2v) is 8.02. The SMILES string of the molecule is O=C(Nc1ccc(Cl)cc1-c1nc2ccccc2s1)c1cccc(Br)c1. The minimum Gasteiger partial charge on any atom is -0.321 e. The van der Waals surface area contributed by atoms with E-state index in [9.17, 15) is 4.79 Å². The Morgan fingerprint density at radius 1 is 1.04 bits per heavy atom. The largest absolute Gasteiger partial charge is 0.321 e. The second kappa shape index (κ2) is 7.19. The summed E-state index contributed by atoms with van der Waals surface area (Å²) in [6.45, 7) is 0. The molecule has 0 fully saturated rings. The van der Waals surface area contributed by atoms with Crippen LogP contribution in [-0.4, -0.2) is 10.9 Å². The highest BCUT2D eigenvalue weighted by molar-refractivity contribution is 9.10. The monoisotopic (exact) mass is 442 g/mol. The molecule has 3 aromatic carbocycles. The molecule has 0 aliphatic heterocycles. The van der Waals surface area contributed by atoms with Crippen LogP contribution in [0.3, 0.4) is 0 Å². The van der Waals surface area contributed by atoms with Crippen LogP contribution in [0.25, 0.3) is 20.8 Å². The number of carbonyl (C=O) groups excluding carboxylic acids is 1. The second-order valence-electron chi connectivity index (χ2n) is 5.64. The number of nitrogens with one attached hydrogen (secondary N) is 1. The molecule has 4 aromatic rings. The third-order valence-electron chi connectivity index (χ3n) is 3.84. The molecule has 1 amide bonds. The van der Waals surface area contributed by atoms with Gasteiger partial charge in [-0.05, 0) is 48.5 Å². The summed E-state index contributed by atoms with van der Waals surface area (Å²) in [6.07, 6.45) is 0. The van der Waals surface area contributed by atoms with E-state index in [0.29, 0.717) is 16.3 Å². The molecule has 3 nitrogen and oxygen atoms in total. The third-order valence-corrected chi connectivity index (χ3v) is 5.64. The molecular weight excluding hydrogens is 432 g/mol. The van der Waals surface area contributed by atoms with Gasteiger partial charge >= 0.3 is 0 Å². The van der Waals surface area contributed by atoms with Crippen molar-refractivity contribution in [3.8, 4) is 10.6 Å². The Kier molecular flexibility index (Phi) is 4.76. The topological polar surface area (TPSA) is 42.0 Å². The summed E-state index contributed by atoms with van der Waals surface area (Å²) in [5, 5.41) is 4.39. The number of aromatic nitrogens is 1. The number of thiazole rings is 1. The molecule has 0 unspecified atom stereocenters. The minimum absolute atomic E-state index is 0.184. The van der Waals surface area contributed by atoms with Crippen molar-refractivity contribution in [1.82, 2.24) is 4.98 Å². The molecule has 0 bridgehead atoms. The number of fused-ring (bicyclic) bond motifs is 1. The number of rotatable bonds is 3. The minimum atomic E-state index is -0.184. The van der Waals surface area contributed by atoms with E-state index in [1.807, 2.05) is 42.5 Å². The van der Waals surface area contributed by atoms with Crippen molar-refractivity contribution in [3.63, 3.8) is 0 Å². The number of hydrogen-bond acceptors (Lipinski definition) is 3. The fraction of sp³-hybridized carbons (Fsp3) is 0. The maximum atomic E-state index is 12.6. The van der Waals surface area contributed by atoms with E-state index in [4.69, 9.17) is 11.6 Å². The van der Waals surface area contributed by atoms with Crippen LogP contribution in [-0.2, 0) is 0 Å². The molecule has 26 heavy (non-hydrogen) atoms. The van der Waals surface area contributed by atoms with Crippen LogP contribution in [0.1, 0.15) is 10.4 Å². The number of para-hydroxylation sites is 1. The first-order valence-corrected chi connectivity index (χ1v) is 9.81. The standard InChI is InChI=1S/C20H12BrClN2OS/c21-13-5-3-4-12(10-13)19(25)23-16-9-8-14(22)11-15(16)20-24-17-6-1-2-7-18(17)26-20/h1-11H,(H,23,25). The van der Waals surface area contributed by atoms with Gasteiger partial charge in [0.2, 0.25) is 0 Å². The summed E-state index contributed by atoms with van der Waals surface area (Å²) < 4.78 is 1.94. The normalized spacial score (nSPS) is 10.8. The lowest BCUT2D eigenvalue weighted by Gasteiger charge is -2.10. The van der Waals surface area contributed by atoms with Crippen LogP contribution < -0.4 is 5.32 Å². The van der Waals surface area contributed by atoms with Crippen molar-refractivity contribution in [2.24, 2.45) is 0 Å². The Hall–Kier alpha value is -2.21. The van der Waals surface area contributed by atoms with Crippen LogP contribution in [0.4, 0.5) is 5.69 Å². The number of hydrogen-bond donors (Lipinski definition) is 1. The zero-order valence-electron chi connectivity index (χ0n) is 13.4. The number of amides is 1. The van der Waals surface area contributed by atoms with Crippen molar-refractivity contribution in [2.45, 2.75) is 0 Å². The van der Waals surface area contributed by atoms with E-state index < -0.39 is 0 Å². The van der Waals surface area contributed by atoms with Gasteiger partial charge in [0.05, 0.1) is 15.9 Å². The van der Waals surface area contributed by atoms with E-state index in [0.717, 1.165) is 25.3 Å². The van der Waals surface area contributed by atoms with E-state index in [1.165, 1.54) is 0 Å². The van der Waals surface area contributed by atoms with Gasteiger partial charge in [0, 0.05) is 20.6 Å². The maximum absolute atomic E-state index is 12.6. The molecule has 0 radical (unpaired) electrons. The number of nitrogens with zero attached hydrogens (tertiary/aromatic N) is 1. The highest BCUT2D eigenvalue weighted by Crippen LogP contribution is 2.36. The van der Waals surface area contributed by atoms with E-state index in [-0.39, 0.29) is 5.91 Å². The summed E-state index contributed by atoms with van der Waals surface area (Å²) in [4.78, 5) is 17.3. The predicted molar refractivity (Wildman–Crippen MR) is 112 cm³/mol. The lowest BCUT2D eigenvalue weighted by atomic mass is 10.1. The lowest BCUT2D eigenvalue weighted by Crippen LogP contribution is -2.12. The van der Waals surface area contributed by atoms with Gasteiger partial charge in [-0.3, -0.25) is 4.79 Å². The van der Waals surface area contributed by atoms with Crippen molar-refractivity contribution >= 4 is 60.7 Å². The highest BCUT2D eigenvalue weighted by Gasteiger charge is 2.14. The molecule has 4 rings (SSSR count). The Balaban J connectivity index is 1.74. The van der Waals surface area contributed by atoms with Gasteiger partial charge in [-0.2, -0.15) is 0 Å². The van der Waals surface area contributed by atoms with Gasteiger partial charge < -0.3 is 5.32 Å². The predicted octanol–water partition coefficient (Wildman–Crippen LogP) is 6.63. The molecule has 0 spiro atoms. The molecule has 0 atom stereocenters. The first kappa shape index (κ1) is 17.2. The molecule has 1 heterocycles. The van der Waals surface area contributed by atoms with Crippen LogP contribution >= 0.6 is 38.9 Å². The van der Waals surface area contributed by atoms with E-state index in [2.05, 4.69) is 26.2 Å². The van der Waals surface area contributed by atoms with Gasteiger partial charge in [-0.1, -0.05) is 45.7 Å². The zero-order valence-corrected chi connectivity index (χ0v) is 16.5. The summed E-state index contributed by atoms with van der Waals surface area (Å²) in [5.74, 6) is -0.184. The maximum Gasteiger partial charge on any atom is 0.255 e. The smallest absolute Gasteiger partial charge is 0.255 e. The summed E-state index contributed by atoms with van der Waals surface area (Å²) in [5.41, 5.74) is 2.99. The fourth-order valence-corrected chi connectivity index (χ4v) is 4.18. The van der Waals surface area contributed by atoms with E-state index >= 15 is 0 Å². The number of benzene rings is 3.